The van der Waals surface area contributed by atoms with Crippen LogP contribution in [0.15, 0.2) is 24.3 Å². The van der Waals surface area contributed by atoms with Gasteiger partial charge in [-0.15, -0.1) is 0 Å². The van der Waals surface area contributed by atoms with Gasteiger partial charge in [0, 0.05) is 6.07 Å². The van der Waals surface area contributed by atoms with Crippen LogP contribution in [0.1, 0.15) is 20.8 Å². The Morgan fingerprint density at radius 3 is 2.72 bits per heavy atom. The van der Waals surface area contributed by atoms with Gasteiger partial charge in [-0.25, -0.2) is 9.87 Å². The lowest BCUT2D eigenvalue weighted by Crippen LogP contribution is -2.37. The Labute approximate surface area is 106 Å². The summed E-state index contributed by atoms with van der Waals surface area (Å²) in [6, 6.07) is 5.63. The second-order valence-corrected chi connectivity index (χ2v) is 4.39. The molecule has 0 aliphatic carbocycles. The minimum atomic E-state index is -0.751. The smallest absolute Gasteiger partial charge is 0.284 e. The lowest BCUT2D eigenvalue weighted by Gasteiger charge is -2.15. The van der Waals surface area contributed by atoms with Gasteiger partial charge >= 0.3 is 0 Å². The highest BCUT2D eigenvalue weighted by molar-refractivity contribution is 5.79. The minimum Gasteiger partial charge on any atom is -0.481 e. The fraction of sp³-hybridized carbons (Fsp3) is 0.462. The van der Waals surface area contributed by atoms with Gasteiger partial charge in [0.2, 0.25) is 0 Å². The van der Waals surface area contributed by atoms with Gasteiger partial charge < -0.3 is 4.74 Å². The molecule has 0 spiro atoms. The molecule has 100 valence electrons. The van der Waals surface area contributed by atoms with E-state index in [1.165, 1.54) is 18.2 Å². The van der Waals surface area contributed by atoms with Gasteiger partial charge in [0.25, 0.3) is 5.91 Å². The van der Waals surface area contributed by atoms with E-state index in [2.05, 4.69) is 5.48 Å². The quantitative estimate of drug-likeness (QED) is 0.793. The molecule has 0 aromatic heterocycles. The topological polar surface area (TPSA) is 47.6 Å². The normalized spacial score (nSPS) is 12.3. The molecule has 1 rings (SSSR count). The second kappa shape index (κ2) is 6.96. The van der Waals surface area contributed by atoms with Crippen LogP contribution in [0, 0.1) is 11.7 Å². The van der Waals surface area contributed by atoms with Crippen molar-refractivity contribution in [1.82, 2.24) is 5.48 Å². The summed E-state index contributed by atoms with van der Waals surface area (Å²) in [6.45, 7) is 5.94. The van der Waals surface area contributed by atoms with Crippen LogP contribution in [-0.4, -0.2) is 18.6 Å². The van der Waals surface area contributed by atoms with Crippen LogP contribution in [0.4, 0.5) is 4.39 Å². The number of carbonyl (C=O) groups is 1. The third kappa shape index (κ3) is 5.14. The zero-order chi connectivity index (χ0) is 13.5. The van der Waals surface area contributed by atoms with Crippen molar-refractivity contribution in [2.45, 2.75) is 26.9 Å². The summed E-state index contributed by atoms with van der Waals surface area (Å²) in [6.07, 6.45) is -0.751. The number of benzene rings is 1. The van der Waals surface area contributed by atoms with Crippen molar-refractivity contribution in [1.29, 1.82) is 0 Å². The monoisotopic (exact) mass is 255 g/mol. The average Bonchev–Trinajstić information content (AvgIpc) is 2.28. The molecule has 0 saturated carbocycles. The molecule has 0 radical (unpaired) electrons. The van der Waals surface area contributed by atoms with Crippen molar-refractivity contribution >= 4 is 5.91 Å². The van der Waals surface area contributed by atoms with Crippen LogP contribution in [-0.2, 0) is 9.63 Å². The molecule has 1 unspecified atom stereocenters. The van der Waals surface area contributed by atoms with E-state index in [0.29, 0.717) is 18.3 Å². The highest BCUT2D eigenvalue weighted by atomic mass is 19.1. The van der Waals surface area contributed by atoms with Gasteiger partial charge in [-0.2, -0.15) is 0 Å². The fourth-order valence-corrected chi connectivity index (χ4v) is 1.16. The van der Waals surface area contributed by atoms with Crippen LogP contribution >= 0.6 is 0 Å². The number of ether oxygens (including phenoxy) is 1. The first kappa shape index (κ1) is 14.4. The predicted octanol–water partition coefficient (Wildman–Crippen LogP) is 2.30. The zero-order valence-corrected chi connectivity index (χ0v) is 10.8. The average molecular weight is 255 g/mol. The number of halogens is 1. The summed E-state index contributed by atoms with van der Waals surface area (Å²) < 4.78 is 18.2. The Bertz CT molecular complexity index is 396. The maximum atomic E-state index is 12.9. The molecule has 0 fully saturated rings. The number of rotatable bonds is 6. The third-order valence-corrected chi connectivity index (χ3v) is 2.07. The molecule has 1 aromatic carbocycles. The first-order valence-electron chi connectivity index (χ1n) is 5.83. The van der Waals surface area contributed by atoms with Crippen molar-refractivity contribution in [2.24, 2.45) is 5.92 Å². The summed E-state index contributed by atoms with van der Waals surface area (Å²) in [5.74, 6) is -0.178. The Balaban J connectivity index is 2.40. The van der Waals surface area contributed by atoms with Gasteiger partial charge in [0.1, 0.15) is 11.6 Å². The van der Waals surface area contributed by atoms with Crippen LogP contribution in [0.5, 0.6) is 5.75 Å². The molecule has 0 aliphatic heterocycles. The number of nitrogens with one attached hydrogen (secondary N) is 1. The van der Waals surface area contributed by atoms with Gasteiger partial charge in [-0.3, -0.25) is 9.63 Å². The highest BCUT2D eigenvalue weighted by Crippen LogP contribution is 2.13. The van der Waals surface area contributed by atoms with Crippen LogP contribution in [0.2, 0.25) is 0 Å². The predicted molar refractivity (Wildman–Crippen MR) is 65.4 cm³/mol. The molecular weight excluding hydrogens is 237 g/mol. The number of amides is 1. The molecule has 1 N–H and O–H groups in total. The Morgan fingerprint density at radius 2 is 2.11 bits per heavy atom. The molecule has 1 amide bonds. The van der Waals surface area contributed by atoms with E-state index in [0.717, 1.165) is 0 Å². The van der Waals surface area contributed by atoms with Crippen molar-refractivity contribution in [3.63, 3.8) is 0 Å². The summed E-state index contributed by atoms with van der Waals surface area (Å²) in [4.78, 5) is 16.5. The highest BCUT2D eigenvalue weighted by Gasteiger charge is 2.15. The maximum absolute atomic E-state index is 12.9. The Morgan fingerprint density at radius 1 is 1.39 bits per heavy atom. The first-order chi connectivity index (χ1) is 8.49. The molecule has 0 bridgehead atoms. The summed E-state index contributed by atoms with van der Waals surface area (Å²) in [7, 11) is 0. The summed E-state index contributed by atoms with van der Waals surface area (Å²) in [5.41, 5.74) is 2.29. The molecular formula is C13H18FNO3. The van der Waals surface area contributed by atoms with Gasteiger partial charge in [0.15, 0.2) is 6.10 Å². The summed E-state index contributed by atoms with van der Waals surface area (Å²) in [5, 5.41) is 0. The molecule has 0 saturated heterocycles. The van der Waals surface area contributed by atoms with E-state index >= 15 is 0 Å². The van der Waals surface area contributed by atoms with E-state index in [9.17, 15) is 9.18 Å². The Hall–Kier alpha value is -1.62. The number of hydrogen-bond donors (Lipinski definition) is 1. The van der Waals surface area contributed by atoms with Gasteiger partial charge in [-0.1, -0.05) is 19.9 Å². The molecule has 0 aliphatic rings. The van der Waals surface area contributed by atoms with E-state index in [1.807, 2.05) is 13.8 Å². The zero-order valence-electron chi connectivity index (χ0n) is 10.8. The Kier molecular flexibility index (Phi) is 5.58. The maximum Gasteiger partial charge on any atom is 0.284 e. The van der Waals surface area contributed by atoms with Gasteiger partial charge in [-0.05, 0) is 25.0 Å². The fourth-order valence-electron chi connectivity index (χ4n) is 1.16. The standard InChI is InChI=1S/C13H18FNO3/c1-9(2)8-17-15-13(16)10(3)18-12-6-4-5-11(14)7-12/h4-7,9-10H,8H2,1-3H3,(H,15,16). The third-order valence-electron chi connectivity index (χ3n) is 2.07. The molecule has 5 heteroatoms. The molecule has 1 aromatic rings. The van der Waals surface area contributed by atoms with E-state index in [1.54, 1.807) is 13.0 Å². The van der Waals surface area contributed by atoms with Crippen LogP contribution in [0.3, 0.4) is 0 Å². The van der Waals surface area contributed by atoms with E-state index in [-0.39, 0.29) is 0 Å². The molecule has 18 heavy (non-hydrogen) atoms. The lowest BCUT2D eigenvalue weighted by atomic mass is 10.2. The van der Waals surface area contributed by atoms with E-state index in [4.69, 9.17) is 9.57 Å². The van der Waals surface area contributed by atoms with Crippen molar-refractivity contribution < 1.29 is 18.8 Å². The van der Waals surface area contributed by atoms with E-state index < -0.39 is 17.8 Å². The first-order valence-corrected chi connectivity index (χ1v) is 5.83. The van der Waals surface area contributed by atoms with Crippen molar-refractivity contribution in [3.05, 3.63) is 30.1 Å². The number of hydrogen-bond acceptors (Lipinski definition) is 3. The van der Waals surface area contributed by atoms with Crippen LogP contribution in [0.25, 0.3) is 0 Å². The number of hydroxylamine groups is 1. The van der Waals surface area contributed by atoms with Crippen molar-refractivity contribution in [3.8, 4) is 5.75 Å². The molecule has 1 atom stereocenters. The van der Waals surface area contributed by atoms with Crippen LogP contribution < -0.4 is 10.2 Å². The molecule has 4 nitrogen and oxygen atoms in total. The second-order valence-electron chi connectivity index (χ2n) is 4.39. The summed E-state index contributed by atoms with van der Waals surface area (Å²) >= 11 is 0. The lowest BCUT2D eigenvalue weighted by molar-refractivity contribution is -0.140. The largest absolute Gasteiger partial charge is 0.481 e. The van der Waals surface area contributed by atoms with Gasteiger partial charge in [0.05, 0.1) is 6.61 Å². The number of carbonyl (C=O) groups excluding carboxylic acids is 1. The molecule has 0 heterocycles. The van der Waals surface area contributed by atoms with Crippen molar-refractivity contribution in [2.75, 3.05) is 6.61 Å². The minimum absolute atomic E-state index is 0.307. The SMILES string of the molecule is CC(C)CONC(=O)C(C)Oc1cccc(F)c1.